The van der Waals surface area contributed by atoms with Crippen molar-refractivity contribution in [3.8, 4) is 0 Å². The maximum absolute atomic E-state index is 12.3. The van der Waals surface area contributed by atoms with Gasteiger partial charge in [0.2, 0.25) is 10.0 Å². The van der Waals surface area contributed by atoms with Gasteiger partial charge in [0.25, 0.3) is 5.69 Å². The molecule has 1 unspecified atom stereocenters. The van der Waals surface area contributed by atoms with Gasteiger partial charge in [0.1, 0.15) is 4.90 Å². The summed E-state index contributed by atoms with van der Waals surface area (Å²) in [6.45, 7) is 5.67. The second kappa shape index (κ2) is 6.27. The van der Waals surface area contributed by atoms with Crippen molar-refractivity contribution >= 4 is 27.3 Å². The molecule has 118 valence electrons. The first kappa shape index (κ1) is 17.8. The summed E-state index contributed by atoms with van der Waals surface area (Å²) in [7, 11) is -3.91. The number of nitrogens with two attached hydrogens (primary N) is 1. The normalized spacial score (nSPS) is 14.0. The monoisotopic (exact) mass is 335 g/mol. The zero-order valence-electron chi connectivity index (χ0n) is 12.0. The number of hydrogen-bond donors (Lipinski definition) is 2. The highest BCUT2D eigenvalue weighted by Crippen LogP contribution is 2.27. The van der Waals surface area contributed by atoms with Gasteiger partial charge in [0.15, 0.2) is 0 Å². The van der Waals surface area contributed by atoms with Crippen LogP contribution in [0.15, 0.2) is 23.1 Å². The fourth-order valence-corrected chi connectivity index (χ4v) is 3.64. The lowest BCUT2D eigenvalue weighted by Crippen LogP contribution is -2.48. The van der Waals surface area contributed by atoms with Crippen molar-refractivity contribution in [3.63, 3.8) is 0 Å². The molecule has 1 aromatic rings. The highest BCUT2D eigenvalue weighted by Gasteiger charge is 2.30. The second-order valence-electron chi connectivity index (χ2n) is 5.65. The molecule has 1 atom stereocenters. The summed E-state index contributed by atoms with van der Waals surface area (Å²) in [4.78, 5) is 9.78. The second-order valence-corrected chi connectivity index (χ2v) is 7.74. The van der Waals surface area contributed by atoms with Gasteiger partial charge in [-0.2, -0.15) is 0 Å². The lowest BCUT2D eigenvalue weighted by molar-refractivity contribution is -0.384. The molecular formula is C12H18ClN3O4S. The van der Waals surface area contributed by atoms with Crippen LogP contribution in [-0.2, 0) is 10.0 Å². The van der Waals surface area contributed by atoms with E-state index in [1.54, 1.807) is 0 Å². The quantitative estimate of drug-likeness (QED) is 0.629. The Kier molecular flexibility index (Phi) is 5.32. The summed E-state index contributed by atoms with van der Waals surface area (Å²) in [5, 5.41) is 10.4. The molecule has 0 aliphatic rings. The van der Waals surface area contributed by atoms with E-state index in [1.807, 2.05) is 20.8 Å². The third-order valence-electron chi connectivity index (χ3n) is 2.99. The van der Waals surface area contributed by atoms with E-state index in [0.29, 0.717) is 0 Å². The van der Waals surface area contributed by atoms with Crippen molar-refractivity contribution in [1.82, 2.24) is 4.72 Å². The van der Waals surface area contributed by atoms with Gasteiger partial charge in [-0.05, 0) is 11.5 Å². The Hall–Kier alpha value is -1.22. The smallest absolute Gasteiger partial charge is 0.271 e. The molecule has 0 bridgehead atoms. The minimum atomic E-state index is -3.91. The molecule has 0 heterocycles. The lowest BCUT2D eigenvalue weighted by Gasteiger charge is -2.30. The number of nitrogens with one attached hydrogen (secondary N) is 1. The van der Waals surface area contributed by atoms with Crippen LogP contribution in [0.5, 0.6) is 0 Å². The number of sulfonamides is 1. The molecule has 0 amide bonds. The third-order valence-corrected chi connectivity index (χ3v) is 4.95. The SMILES string of the molecule is CC(C)(C)C(CN)NS(=O)(=O)c1ccc([N+](=O)[O-])cc1Cl. The van der Waals surface area contributed by atoms with Gasteiger partial charge in [0, 0.05) is 24.7 Å². The van der Waals surface area contributed by atoms with Crippen LogP contribution >= 0.6 is 11.6 Å². The first-order valence-corrected chi connectivity index (χ1v) is 8.01. The van der Waals surface area contributed by atoms with E-state index in [9.17, 15) is 18.5 Å². The number of nitro benzene ring substituents is 1. The largest absolute Gasteiger partial charge is 0.329 e. The fourth-order valence-electron chi connectivity index (χ4n) is 1.65. The lowest BCUT2D eigenvalue weighted by atomic mass is 9.88. The highest BCUT2D eigenvalue weighted by molar-refractivity contribution is 7.89. The summed E-state index contributed by atoms with van der Waals surface area (Å²) >= 11 is 5.84. The van der Waals surface area contributed by atoms with Gasteiger partial charge in [-0.3, -0.25) is 10.1 Å². The first-order chi connectivity index (χ1) is 9.49. The van der Waals surface area contributed by atoms with Gasteiger partial charge < -0.3 is 5.73 Å². The van der Waals surface area contributed by atoms with E-state index < -0.39 is 21.0 Å². The molecule has 0 fully saturated rings. The predicted molar refractivity (Wildman–Crippen MR) is 80.7 cm³/mol. The van der Waals surface area contributed by atoms with Crippen LogP contribution in [0, 0.1) is 15.5 Å². The van der Waals surface area contributed by atoms with Crippen LogP contribution in [0.2, 0.25) is 5.02 Å². The van der Waals surface area contributed by atoms with Crippen LogP contribution in [0.1, 0.15) is 20.8 Å². The van der Waals surface area contributed by atoms with Crippen LogP contribution in [-0.4, -0.2) is 25.9 Å². The zero-order valence-corrected chi connectivity index (χ0v) is 13.5. The van der Waals surface area contributed by atoms with E-state index in [2.05, 4.69) is 4.72 Å². The third kappa shape index (κ3) is 4.37. The number of benzene rings is 1. The molecule has 1 aromatic carbocycles. The van der Waals surface area contributed by atoms with E-state index in [0.717, 1.165) is 18.2 Å². The first-order valence-electron chi connectivity index (χ1n) is 6.15. The van der Waals surface area contributed by atoms with Gasteiger partial charge in [-0.15, -0.1) is 0 Å². The van der Waals surface area contributed by atoms with Crippen LogP contribution in [0.4, 0.5) is 5.69 Å². The van der Waals surface area contributed by atoms with Crippen molar-refractivity contribution < 1.29 is 13.3 Å². The van der Waals surface area contributed by atoms with Crippen LogP contribution in [0.3, 0.4) is 0 Å². The minimum Gasteiger partial charge on any atom is -0.329 e. The van der Waals surface area contributed by atoms with Crippen molar-refractivity contribution in [2.75, 3.05) is 6.54 Å². The van der Waals surface area contributed by atoms with Gasteiger partial charge in [0.05, 0.1) is 9.95 Å². The van der Waals surface area contributed by atoms with Gasteiger partial charge in [-0.25, -0.2) is 13.1 Å². The zero-order chi connectivity index (χ0) is 16.4. The molecule has 9 heteroatoms. The van der Waals surface area contributed by atoms with Crippen molar-refractivity contribution in [2.24, 2.45) is 11.1 Å². The number of nitro groups is 1. The Morgan fingerprint density at radius 2 is 2.00 bits per heavy atom. The number of nitrogens with zero attached hydrogens (tertiary/aromatic N) is 1. The number of rotatable bonds is 5. The molecule has 1 rings (SSSR count). The molecule has 3 N–H and O–H groups in total. The molecule has 0 radical (unpaired) electrons. The molecule has 7 nitrogen and oxygen atoms in total. The fraction of sp³-hybridized carbons (Fsp3) is 0.500. The molecule has 21 heavy (non-hydrogen) atoms. The summed E-state index contributed by atoms with van der Waals surface area (Å²) in [6, 6.07) is 2.72. The standard InChI is InChI=1S/C12H18ClN3O4S/c1-12(2,3)11(7-14)15-21(19,20)10-5-4-8(16(17)18)6-9(10)13/h4-6,11,15H,7,14H2,1-3H3. The summed E-state index contributed by atoms with van der Waals surface area (Å²) < 4.78 is 27.1. The Morgan fingerprint density at radius 1 is 1.43 bits per heavy atom. The maximum atomic E-state index is 12.3. The summed E-state index contributed by atoms with van der Waals surface area (Å²) in [5.74, 6) is 0. The maximum Gasteiger partial charge on any atom is 0.271 e. The van der Waals surface area contributed by atoms with Crippen molar-refractivity contribution in [1.29, 1.82) is 0 Å². The van der Waals surface area contributed by atoms with E-state index in [-0.39, 0.29) is 27.6 Å². The number of non-ortho nitro benzene ring substituents is 1. The Balaban J connectivity index is 3.17. The summed E-state index contributed by atoms with van der Waals surface area (Å²) in [5.41, 5.74) is 4.94. The van der Waals surface area contributed by atoms with E-state index in [4.69, 9.17) is 17.3 Å². The topological polar surface area (TPSA) is 115 Å². The average molecular weight is 336 g/mol. The van der Waals surface area contributed by atoms with Crippen LogP contribution < -0.4 is 10.5 Å². The molecule has 0 spiro atoms. The van der Waals surface area contributed by atoms with Crippen molar-refractivity contribution in [3.05, 3.63) is 33.3 Å². The molecule has 0 aliphatic heterocycles. The van der Waals surface area contributed by atoms with E-state index >= 15 is 0 Å². The van der Waals surface area contributed by atoms with Crippen LogP contribution in [0.25, 0.3) is 0 Å². The number of hydrogen-bond acceptors (Lipinski definition) is 5. The molecule has 0 saturated heterocycles. The number of halogens is 1. The Morgan fingerprint density at radius 3 is 2.38 bits per heavy atom. The van der Waals surface area contributed by atoms with Gasteiger partial charge >= 0.3 is 0 Å². The highest BCUT2D eigenvalue weighted by atomic mass is 35.5. The predicted octanol–water partition coefficient (Wildman–Crippen LogP) is 1.90. The van der Waals surface area contributed by atoms with E-state index in [1.165, 1.54) is 0 Å². The average Bonchev–Trinajstić information content (AvgIpc) is 2.34. The Bertz CT molecular complexity index is 640. The summed E-state index contributed by atoms with van der Waals surface area (Å²) in [6.07, 6.45) is 0. The molecular weight excluding hydrogens is 318 g/mol. The van der Waals surface area contributed by atoms with Gasteiger partial charge in [-0.1, -0.05) is 32.4 Å². The van der Waals surface area contributed by atoms with Crippen molar-refractivity contribution in [2.45, 2.75) is 31.7 Å². The minimum absolute atomic E-state index is 0.118. The Labute approximate surface area is 128 Å². The molecule has 0 aromatic heterocycles. The molecule has 0 saturated carbocycles. The molecule has 0 aliphatic carbocycles.